The molecule has 0 radical (unpaired) electrons. The van der Waals surface area contributed by atoms with Gasteiger partial charge < -0.3 is 10.3 Å². The fourth-order valence-corrected chi connectivity index (χ4v) is 2.82. The summed E-state index contributed by atoms with van der Waals surface area (Å²) in [5.74, 6) is 0.493. The van der Waals surface area contributed by atoms with E-state index >= 15 is 0 Å². The van der Waals surface area contributed by atoms with Crippen molar-refractivity contribution in [2.75, 3.05) is 6.54 Å². The summed E-state index contributed by atoms with van der Waals surface area (Å²) >= 11 is 6.07. The molecule has 1 aromatic carbocycles. The molecule has 0 aliphatic carbocycles. The number of nitrogens with two attached hydrogens (primary N) is 1. The van der Waals surface area contributed by atoms with Crippen molar-refractivity contribution in [2.45, 2.75) is 26.2 Å². The van der Waals surface area contributed by atoms with Crippen molar-refractivity contribution >= 4 is 22.5 Å². The molecule has 1 aromatic heterocycles. The molecule has 0 saturated carbocycles. The molecule has 0 aliphatic rings. The van der Waals surface area contributed by atoms with Gasteiger partial charge >= 0.3 is 0 Å². The maximum atomic E-state index is 6.07. The molecule has 0 bridgehead atoms. The van der Waals surface area contributed by atoms with Crippen LogP contribution in [0.25, 0.3) is 10.9 Å². The van der Waals surface area contributed by atoms with Crippen LogP contribution >= 0.6 is 11.6 Å². The monoisotopic (exact) mass is 250 g/mol. The highest BCUT2D eigenvalue weighted by Crippen LogP contribution is 2.32. The first kappa shape index (κ1) is 12.5. The van der Waals surface area contributed by atoms with Gasteiger partial charge in [-0.2, -0.15) is 0 Å². The fraction of sp³-hybridized carbons (Fsp3) is 0.429. The molecule has 0 atom stereocenters. The van der Waals surface area contributed by atoms with Crippen LogP contribution in [0, 0.1) is 0 Å². The Bertz CT molecular complexity index is 541. The minimum absolute atomic E-state index is 0.493. The number of nitrogens with zero attached hydrogens (tertiary/aromatic N) is 1. The second-order valence-electron chi connectivity index (χ2n) is 4.78. The average molecular weight is 251 g/mol. The van der Waals surface area contributed by atoms with Crippen molar-refractivity contribution in [1.29, 1.82) is 0 Å². The third-order valence-corrected chi connectivity index (χ3v) is 3.49. The van der Waals surface area contributed by atoms with Gasteiger partial charge in [0.15, 0.2) is 0 Å². The number of rotatable bonds is 3. The summed E-state index contributed by atoms with van der Waals surface area (Å²) in [6.45, 7) is 5.12. The van der Waals surface area contributed by atoms with Crippen LogP contribution in [0.2, 0.25) is 5.02 Å². The van der Waals surface area contributed by atoms with Crippen molar-refractivity contribution in [2.24, 2.45) is 12.8 Å². The van der Waals surface area contributed by atoms with Gasteiger partial charge in [0.2, 0.25) is 0 Å². The predicted molar refractivity (Wildman–Crippen MR) is 74.8 cm³/mol. The first-order valence-corrected chi connectivity index (χ1v) is 6.40. The second-order valence-corrected chi connectivity index (χ2v) is 5.21. The van der Waals surface area contributed by atoms with Crippen LogP contribution in [-0.4, -0.2) is 11.1 Å². The van der Waals surface area contributed by atoms with Gasteiger partial charge in [0.1, 0.15) is 0 Å². The van der Waals surface area contributed by atoms with E-state index in [1.165, 1.54) is 22.2 Å². The molecule has 2 nitrogen and oxygen atoms in total. The summed E-state index contributed by atoms with van der Waals surface area (Å²) in [6.07, 6.45) is 0.923. The summed E-state index contributed by atoms with van der Waals surface area (Å²) in [6, 6.07) is 6.09. The molecule has 1 heterocycles. The van der Waals surface area contributed by atoms with E-state index in [9.17, 15) is 0 Å². The van der Waals surface area contributed by atoms with Gasteiger partial charge in [-0.15, -0.1) is 0 Å². The fourth-order valence-electron chi connectivity index (χ4n) is 2.65. The summed E-state index contributed by atoms with van der Waals surface area (Å²) in [4.78, 5) is 0. The number of fused-ring (bicyclic) bond motifs is 1. The largest absolute Gasteiger partial charge is 0.347 e. The highest BCUT2D eigenvalue weighted by atomic mass is 35.5. The molecule has 0 unspecified atom stereocenters. The van der Waals surface area contributed by atoms with Gasteiger partial charge in [-0.05, 0) is 36.6 Å². The Morgan fingerprint density at radius 1 is 1.35 bits per heavy atom. The van der Waals surface area contributed by atoms with Crippen LogP contribution in [0.15, 0.2) is 18.2 Å². The Morgan fingerprint density at radius 2 is 2.06 bits per heavy atom. The first-order valence-electron chi connectivity index (χ1n) is 6.03. The highest BCUT2D eigenvalue weighted by Gasteiger charge is 2.16. The Balaban J connectivity index is 2.77. The lowest BCUT2D eigenvalue weighted by Crippen LogP contribution is -2.07. The van der Waals surface area contributed by atoms with E-state index in [0.717, 1.165) is 11.4 Å². The van der Waals surface area contributed by atoms with Crippen molar-refractivity contribution in [3.8, 4) is 0 Å². The van der Waals surface area contributed by atoms with Crippen molar-refractivity contribution in [3.63, 3.8) is 0 Å². The predicted octanol–water partition coefficient (Wildman–Crippen LogP) is 3.46. The van der Waals surface area contributed by atoms with Gasteiger partial charge in [-0.1, -0.05) is 31.5 Å². The molecule has 0 saturated heterocycles. The molecule has 17 heavy (non-hydrogen) atoms. The molecular weight excluding hydrogens is 232 g/mol. The average Bonchev–Trinajstić information content (AvgIpc) is 2.53. The van der Waals surface area contributed by atoms with Crippen LogP contribution in [0.4, 0.5) is 0 Å². The Labute approximate surface area is 107 Å². The van der Waals surface area contributed by atoms with Crippen molar-refractivity contribution in [1.82, 2.24) is 4.57 Å². The number of hydrogen-bond acceptors (Lipinski definition) is 1. The number of aromatic nitrogens is 1. The third-order valence-electron chi connectivity index (χ3n) is 3.26. The Kier molecular flexibility index (Phi) is 3.45. The molecule has 2 rings (SSSR count). The highest BCUT2D eigenvalue weighted by molar-refractivity contribution is 6.31. The number of aryl methyl sites for hydroxylation is 1. The van der Waals surface area contributed by atoms with E-state index in [4.69, 9.17) is 17.3 Å². The summed E-state index contributed by atoms with van der Waals surface area (Å²) < 4.78 is 2.25. The van der Waals surface area contributed by atoms with Crippen LogP contribution in [0.1, 0.15) is 31.0 Å². The molecule has 92 valence electrons. The van der Waals surface area contributed by atoms with Crippen molar-refractivity contribution < 1.29 is 0 Å². The molecule has 0 amide bonds. The standard InChI is InChI=1S/C14H19ClN2/c1-9(2)14-12(6-7-16)11-5-4-10(15)8-13(11)17(14)3/h4-5,8-9H,6-7,16H2,1-3H3. The van der Waals surface area contributed by atoms with Gasteiger partial charge in [0, 0.05) is 28.7 Å². The van der Waals surface area contributed by atoms with E-state index in [2.05, 4.69) is 31.5 Å². The van der Waals surface area contributed by atoms with Crippen LogP contribution in [-0.2, 0) is 13.5 Å². The molecule has 0 aliphatic heterocycles. The lowest BCUT2D eigenvalue weighted by Gasteiger charge is -2.10. The minimum Gasteiger partial charge on any atom is -0.347 e. The topological polar surface area (TPSA) is 30.9 Å². The van der Waals surface area contributed by atoms with Crippen LogP contribution < -0.4 is 5.73 Å². The molecule has 2 N–H and O–H groups in total. The smallest absolute Gasteiger partial charge is 0.0497 e. The molecule has 2 aromatic rings. The zero-order valence-corrected chi connectivity index (χ0v) is 11.4. The molecule has 0 spiro atoms. The second kappa shape index (κ2) is 4.71. The Hall–Kier alpha value is -0.990. The van der Waals surface area contributed by atoms with E-state index in [1.54, 1.807) is 0 Å². The molecule has 0 fully saturated rings. The summed E-state index contributed by atoms with van der Waals surface area (Å²) in [5, 5.41) is 2.07. The maximum absolute atomic E-state index is 6.07. The first-order chi connectivity index (χ1) is 8.06. The maximum Gasteiger partial charge on any atom is 0.0497 e. The Morgan fingerprint density at radius 3 is 2.65 bits per heavy atom. The summed E-state index contributed by atoms with van der Waals surface area (Å²) in [7, 11) is 2.11. The van der Waals surface area contributed by atoms with Gasteiger partial charge in [0.25, 0.3) is 0 Å². The van der Waals surface area contributed by atoms with E-state index in [1.807, 2.05) is 12.1 Å². The zero-order valence-electron chi connectivity index (χ0n) is 10.6. The van der Waals surface area contributed by atoms with Crippen LogP contribution in [0.3, 0.4) is 0 Å². The molecular formula is C14H19ClN2. The number of halogens is 1. The number of benzene rings is 1. The van der Waals surface area contributed by atoms with E-state index in [-0.39, 0.29) is 0 Å². The lowest BCUT2D eigenvalue weighted by molar-refractivity contribution is 0.737. The molecule has 3 heteroatoms. The zero-order chi connectivity index (χ0) is 12.6. The van der Waals surface area contributed by atoms with E-state index in [0.29, 0.717) is 12.5 Å². The minimum atomic E-state index is 0.493. The van der Waals surface area contributed by atoms with E-state index < -0.39 is 0 Å². The lowest BCUT2D eigenvalue weighted by atomic mass is 10.0. The van der Waals surface area contributed by atoms with Gasteiger partial charge in [-0.25, -0.2) is 0 Å². The van der Waals surface area contributed by atoms with Crippen LogP contribution in [0.5, 0.6) is 0 Å². The summed E-state index contributed by atoms with van der Waals surface area (Å²) in [5.41, 5.74) is 9.66. The normalized spacial score (nSPS) is 11.6. The third kappa shape index (κ3) is 2.07. The van der Waals surface area contributed by atoms with Gasteiger partial charge in [-0.3, -0.25) is 0 Å². The van der Waals surface area contributed by atoms with Gasteiger partial charge in [0.05, 0.1) is 0 Å². The van der Waals surface area contributed by atoms with Crippen molar-refractivity contribution in [3.05, 3.63) is 34.5 Å². The SMILES string of the molecule is CC(C)c1c(CCN)c2ccc(Cl)cc2n1C. The number of hydrogen-bond donors (Lipinski definition) is 1. The quantitative estimate of drug-likeness (QED) is 0.889.